The molecule has 0 spiro atoms. The molecule has 2 aliphatic heterocycles. The Morgan fingerprint density at radius 3 is 2.64 bits per heavy atom. The maximum Gasteiger partial charge on any atom is 0.167 e. The van der Waals surface area contributed by atoms with Crippen LogP contribution in [0.5, 0.6) is 5.75 Å². The fourth-order valence-electron chi connectivity index (χ4n) is 4.41. The predicted octanol–water partition coefficient (Wildman–Crippen LogP) is 6.60. The van der Waals surface area contributed by atoms with Gasteiger partial charge in [-0.3, -0.25) is 0 Å². The standard InChI is InChI=1S/C24H21BrN2O/c1-14-13-24(2,3)27-17-12-11-16-15-7-4-5-9-19(15)28-23(22(16)21(14)17)18-8-6-10-20(25)26-18/h4-13,23,27H,1-3H3/t23-/m0/s1. The summed E-state index contributed by atoms with van der Waals surface area (Å²) in [6.07, 6.45) is 2.03. The Morgan fingerprint density at radius 1 is 1.00 bits per heavy atom. The fourth-order valence-corrected chi connectivity index (χ4v) is 4.77. The molecule has 0 aliphatic carbocycles. The van der Waals surface area contributed by atoms with E-state index in [4.69, 9.17) is 9.72 Å². The average Bonchev–Trinajstić information content (AvgIpc) is 2.65. The highest BCUT2D eigenvalue weighted by molar-refractivity contribution is 9.10. The molecule has 0 bridgehead atoms. The summed E-state index contributed by atoms with van der Waals surface area (Å²) in [6, 6.07) is 18.6. The zero-order chi connectivity index (χ0) is 19.5. The molecule has 0 amide bonds. The number of rotatable bonds is 1. The molecule has 2 aromatic carbocycles. The van der Waals surface area contributed by atoms with E-state index in [2.05, 4.69) is 72.4 Å². The summed E-state index contributed by atoms with van der Waals surface area (Å²) in [7, 11) is 0. The molecule has 140 valence electrons. The first-order valence-electron chi connectivity index (χ1n) is 9.46. The third-order valence-corrected chi connectivity index (χ3v) is 5.81. The van der Waals surface area contributed by atoms with Gasteiger partial charge in [-0.05, 0) is 72.1 Å². The molecular weight excluding hydrogens is 412 g/mol. The summed E-state index contributed by atoms with van der Waals surface area (Å²) in [5.74, 6) is 0.896. The maximum atomic E-state index is 6.53. The molecule has 0 radical (unpaired) electrons. The predicted molar refractivity (Wildman–Crippen MR) is 118 cm³/mol. The van der Waals surface area contributed by atoms with Gasteiger partial charge in [0, 0.05) is 22.4 Å². The maximum absolute atomic E-state index is 6.53. The van der Waals surface area contributed by atoms with E-state index < -0.39 is 0 Å². The van der Waals surface area contributed by atoms with Crippen molar-refractivity contribution >= 4 is 27.2 Å². The molecule has 1 N–H and O–H groups in total. The van der Waals surface area contributed by atoms with Crippen LogP contribution in [0.4, 0.5) is 5.69 Å². The quantitative estimate of drug-likeness (QED) is 0.439. The van der Waals surface area contributed by atoms with E-state index in [9.17, 15) is 0 Å². The van der Waals surface area contributed by atoms with E-state index >= 15 is 0 Å². The summed E-state index contributed by atoms with van der Waals surface area (Å²) in [6.45, 7) is 6.57. The molecule has 28 heavy (non-hydrogen) atoms. The number of nitrogens with one attached hydrogen (secondary N) is 1. The van der Waals surface area contributed by atoms with Crippen LogP contribution >= 0.6 is 15.9 Å². The smallest absolute Gasteiger partial charge is 0.167 e. The Hall–Kier alpha value is -2.59. The lowest BCUT2D eigenvalue weighted by Crippen LogP contribution is -2.32. The molecule has 4 heteroatoms. The first-order chi connectivity index (χ1) is 13.4. The lowest BCUT2D eigenvalue weighted by atomic mass is 9.81. The molecule has 3 nitrogen and oxygen atoms in total. The molecule has 1 aromatic heterocycles. The fraction of sp³-hybridized carbons (Fsp3) is 0.208. The zero-order valence-corrected chi connectivity index (χ0v) is 17.7. The summed E-state index contributed by atoms with van der Waals surface area (Å²) >= 11 is 3.51. The zero-order valence-electron chi connectivity index (χ0n) is 16.1. The van der Waals surface area contributed by atoms with Crippen LogP contribution in [0, 0.1) is 0 Å². The first kappa shape index (κ1) is 17.5. The summed E-state index contributed by atoms with van der Waals surface area (Å²) in [4.78, 5) is 4.72. The van der Waals surface area contributed by atoms with E-state index in [1.54, 1.807) is 0 Å². The summed E-state index contributed by atoms with van der Waals surface area (Å²) < 4.78 is 7.34. The van der Waals surface area contributed by atoms with E-state index in [-0.39, 0.29) is 11.6 Å². The van der Waals surface area contributed by atoms with Gasteiger partial charge in [0.25, 0.3) is 0 Å². The lowest BCUT2D eigenvalue weighted by molar-refractivity contribution is 0.238. The van der Waals surface area contributed by atoms with Crippen molar-refractivity contribution in [1.29, 1.82) is 0 Å². The Kier molecular flexibility index (Phi) is 3.88. The van der Waals surface area contributed by atoms with Gasteiger partial charge in [0.15, 0.2) is 6.10 Å². The van der Waals surface area contributed by atoms with Crippen molar-refractivity contribution < 1.29 is 4.74 Å². The van der Waals surface area contributed by atoms with Gasteiger partial charge in [0.1, 0.15) is 10.4 Å². The van der Waals surface area contributed by atoms with Crippen LogP contribution in [-0.4, -0.2) is 10.5 Å². The molecule has 0 unspecified atom stereocenters. The monoisotopic (exact) mass is 432 g/mol. The van der Waals surface area contributed by atoms with Gasteiger partial charge in [0.2, 0.25) is 0 Å². The number of pyridine rings is 1. The highest BCUT2D eigenvalue weighted by Gasteiger charge is 2.34. The van der Waals surface area contributed by atoms with Crippen molar-refractivity contribution in [3.8, 4) is 16.9 Å². The van der Waals surface area contributed by atoms with Gasteiger partial charge in [-0.1, -0.05) is 36.4 Å². The summed E-state index contributed by atoms with van der Waals surface area (Å²) in [5.41, 5.74) is 7.96. The summed E-state index contributed by atoms with van der Waals surface area (Å²) in [5, 5.41) is 3.66. The Balaban J connectivity index is 1.81. The van der Waals surface area contributed by atoms with Crippen LogP contribution in [0.15, 0.2) is 65.3 Å². The van der Waals surface area contributed by atoms with Gasteiger partial charge in [-0.2, -0.15) is 0 Å². The second-order valence-electron chi connectivity index (χ2n) is 8.00. The average molecular weight is 433 g/mol. The largest absolute Gasteiger partial charge is 0.479 e. The minimum atomic E-state index is -0.260. The number of nitrogens with zero attached hydrogens (tertiary/aromatic N) is 1. The van der Waals surface area contributed by atoms with E-state index in [1.807, 2.05) is 30.3 Å². The van der Waals surface area contributed by atoms with Crippen molar-refractivity contribution in [3.63, 3.8) is 0 Å². The second-order valence-corrected chi connectivity index (χ2v) is 8.82. The van der Waals surface area contributed by atoms with Crippen LogP contribution in [0.3, 0.4) is 0 Å². The van der Waals surface area contributed by atoms with Crippen molar-refractivity contribution in [3.05, 3.63) is 82.1 Å². The Labute approximate surface area is 173 Å². The van der Waals surface area contributed by atoms with Gasteiger partial charge < -0.3 is 10.1 Å². The minimum absolute atomic E-state index is 0.0811. The second kappa shape index (κ2) is 6.21. The normalized spacial score (nSPS) is 18.7. The number of aromatic nitrogens is 1. The molecule has 0 saturated carbocycles. The van der Waals surface area contributed by atoms with Crippen molar-refractivity contribution in [2.45, 2.75) is 32.4 Å². The molecule has 0 saturated heterocycles. The number of para-hydroxylation sites is 1. The van der Waals surface area contributed by atoms with Crippen LogP contribution in [-0.2, 0) is 0 Å². The van der Waals surface area contributed by atoms with E-state index in [0.717, 1.165) is 27.3 Å². The highest BCUT2D eigenvalue weighted by atomic mass is 79.9. The van der Waals surface area contributed by atoms with Crippen molar-refractivity contribution in [2.75, 3.05) is 5.32 Å². The van der Waals surface area contributed by atoms with E-state index in [1.165, 1.54) is 22.3 Å². The number of hydrogen-bond donors (Lipinski definition) is 1. The molecule has 5 rings (SSSR count). The van der Waals surface area contributed by atoms with Crippen LogP contribution < -0.4 is 10.1 Å². The third kappa shape index (κ3) is 2.75. The SMILES string of the molecule is CC1=CC(C)(C)Nc2ccc3c(c21)[C@H](c1cccc(Br)n1)Oc1ccccc1-3. The van der Waals surface area contributed by atoms with Crippen LogP contribution in [0.25, 0.3) is 16.7 Å². The molecule has 3 aromatic rings. The molecular formula is C24H21BrN2O. The number of ether oxygens (including phenoxy) is 1. The Morgan fingerprint density at radius 2 is 1.82 bits per heavy atom. The molecule has 2 aliphatic rings. The lowest BCUT2D eigenvalue weighted by Gasteiger charge is -2.37. The highest BCUT2D eigenvalue weighted by Crippen LogP contribution is 2.50. The third-order valence-electron chi connectivity index (χ3n) is 5.36. The number of fused-ring (bicyclic) bond motifs is 5. The van der Waals surface area contributed by atoms with Gasteiger partial charge >= 0.3 is 0 Å². The molecule has 1 atom stereocenters. The molecule has 0 fully saturated rings. The number of anilines is 1. The Bertz CT molecular complexity index is 1130. The van der Waals surface area contributed by atoms with Crippen molar-refractivity contribution in [2.24, 2.45) is 0 Å². The topological polar surface area (TPSA) is 34.2 Å². The van der Waals surface area contributed by atoms with Gasteiger partial charge in [-0.15, -0.1) is 0 Å². The van der Waals surface area contributed by atoms with Crippen LogP contribution in [0.2, 0.25) is 0 Å². The molecule has 3 heterocycles. The van der Waals surface area contributed by atoms with Crippen molar-refractivity contribution in [1.82, 2.24) is 4.98 Å². The van der Waals surface area contributed by atoms with E-state index in [0.29, 0.717) is 0 Å². The van der Waals surface area contributed by atoms with Crippen LogP contribution in [0.1, 0.15) is 43.7 Å². The van der Waals surface area contributed by atoms with Gasteiger partial charge in [0.05, 0.1) is 11.2 Å². The van der Waals surface area contributed by atoms with Gasteiger partial charge in [-0.25, -0.2) is 4.98 Å². The number of benzene rings is 2. The number of halogens is 1. The number of allylic oxidation sites excluding steroid dienone is 1. The first-order valence-corrected chi connectivity index (χ1v) is 10.3. The minimum Gasteiger partial charge on any atom is -0.479 e. The number of hydrogen-bond acceptors (Lipinski definition) is 3.